The lowest BCUT2D eigenvalue weighted by atomic mass is 10.1. The van der Waals surface area contributed by atoms with Gasteiger partial charge < -0.3 is 0 Å². The third kappa shape index (κ3) is 5.96. The topological polar surface area (TPSA) is 37.4 Å². The molecule has 1 heterocycles. The highest BCUT2D eigenvalue weighted by molar-refractivity contribution is 6.23. The summed E-state index contributed by atoms with van der Waals surface area (Å²) in [6.07, 6.45) is -9.05. The molecule has 1 aliphatic heterocycles. The van der Waals surface area contributed by atoms with Crippen LogP contribution in [0, 0.1) is 23.7 Å². The molecule has 0 fully saturated rings. The molecule has 38 heavy (non-hydrogen) atoms. The zero-order valence-electron chi connectivity index (χ0n) is 19.2. The Morgan fingerprint density at radius 1 is 0.553 bits per heavy atom. The molecular weight excluding hydrogens is 508 g/mol. The molecule has 0 N–H and O–H groups in total. The van der Waals surface area contributed by atoms with Crippen molar-refractivity contribution in [1.82, 2.24) is 4.90 Å². The minimum Gasteiger partial charge on any atom is -0.269 e. The lowest BCUT2D eigenvalue weighted by Gasteiger charge is -2.14. The van der Waals surface area contributed by atoms with Gasteiger partial charge in [-0.1, -0.05) is 54.0 Å². The molecule has 0 aliphatic carbocycles. The molecule has 0 bridgehead atoms. The van der Waals surface area contributed by atoms with E-state index in [9.17, 15) is 35.9 Å². The predicted octanol–water partition coefficient (Wildman–Crippen LogP) is 5.99. The van der Waals surface area contributed by atoms with Crippen LogP contribution in [0.25, 0.3) is 0 Å². The smallest absolute Gasteiger partial charge is 0.269 e. The highest BCUT2D eigenvalue weighted by Crippen LogP contribution is 2.30. The summed E-state index contributed by atoms with van der Waals surface area (Å²) >= 11 is 0. The highest BCUT2D eigenvalue weighted by Gasteiger charge is 2.37. The van der Waals surface area contributed by atoms with E-state index in [1.165, 1.54) is 0 Å². The van der Waals surface area contributed by atoms with Gasteiger partial charge in [0, 0.05) is 11.1 Å². The lowest BCUT2D eigenvalue weighted by molar-refractivity contribution is -0.139. The number of hydrogen-bond acceptors (Lipinski definition) is 2. The Balaban J connectivity index is 1.70. The number of nitrogens with zero attached hydrogens (tertiary/aromatic N) is 1. The van der Waals surface area contributed by atoms with Gasteiger partial charge in [0.15, 0.2) is 0 Å². The fourth-order valence-corrected chi connectivity index (χ4v) is 3.47. The summed E-state index contributed by atoms with van der Waals surface area (Å²) in [4.78, 5) is 27.1. The van der Waals surface area contributed by atoms with Crippen molar-refractivity contribution < 1.29 is 35.9 Å². The zero-order valence-corrected chi connectivity index (χ0v) is 19.2. The molecule has 0 unspecified atom stereocenters. The molecule has 3 nitrogen and oxygen atoms in total. The third-order valence-corrected chi connectivity index (χ3v) is 5.44. The fraction of sp³-hybridized carbons (Fsp3) is 0.103. The molecule has 0 radical (unpaired) electrons. The summed E-state index contributed by atoms with van der Waals surface area (Å²) in [5.41, 5.74) is -1.26. The number of carbonyl (C=O) groups is 2. The predicted molar refractivity (Wildman–Crippen MR) is 126 cm³/mol. The maximum atomic E-state index is 13.1. The van der Waals surface area contributed by atoms with Gasteiger partial charge in [-0.05, 0) is 54.1 Å². The van der Waals surface area contributed by atoms with Crippen LogP contribution in [-0.2, 0) is 28.5 Å². The van der Waals surface area contributed by atoms with Crippen LogP contribution in [0.4, 0.5) is 26.3 Å². The number of benzene rings is 3. The first-order valence-electron chi connectivity index (χ1n) is 11.0. The number of imide groups is 1. The van der Waals surface area contributed by atoms with Gasteiger partial charge in [-0.2, -0.15) is 26.3 Å². The normalized spacial score (nSPS) is 13.7. The Labute approximate surface area is 213 Å². The maximum Gasteiger partial charge on any atom is 0.416 e. The van der Waals surface area contributed by atoms with E-state index in [2.05, 4.69) is 23.7 Å². The Kier molecular flexibility index (Phi) is 7.14. The SMILES string of the molecule is O=C1C(C#Cc2ccc(C(F)(F)F)cc2)=C(C#Cc2ccc(C(F)(F)F)cc2)C(=O)N1Cc1ccccc1. The van der Waals surface area contributed by atoms with Gasteiger partial charge >= 0.3 is 12.4 Å². The van der Waals surface area contributed by atoms with Gasteiger partial charge in [0.05, 0.1) is 17.7 Å². The minimum atomic E-state index is -4.53. The fourth-order valence-electron chi connectivity index (χ4n) is 3.47. The second kappa shape index (κ2) is 10.3. The molecule has 0 saturated heterocycles. The highest BCUT2D eigenvalue weighted by atomic mass is 19.4. The van der Waals surface area contributed by atoms with E-state index in [0.29, 0.717) is 5.56 Å². The molecule has 3 aromatic rings. The molecule has 0 spiro atoms. The van der Waals surface area contributed by atoms with Crippen LogP contribution in [0.2, 0.25) is 0 Å². The van der Waals surface area contributed by atoms with Crippen LogP contribution in [0.15, 0.2) is 90.0 Å². The van der Waals surface area contributed by atoms with Crippen molar-refractivity contribution in [3.63, 3.8) is 0 Å². The molecule has 0 atom stereocenters. The molecule has 190 valence electrons. The Morgan fingerprint density at radius 2 is 0.947 bits per heavy atom. The van der Waals surface area contributed by atoms with Crippen LogP contribution in [0.5, 0.6) is 0 Å². The van der Waals surface area contributed by atoms with E-state index in [1.807, 2.05) is 0 Å². The summed E-state index contributed by atoms with van der Waals surface area (Å²) in [5.74, 6) is 8.79. The van der Waals surface area contributed by atoms with E-state index in [1.54, 1.807) is 30.3 Å². The van der Waals surface area contributed by atoms with Gasteiger partial charge in [0.25, 0.3) is 11.8 Å². The Hall–Kier alpha value is -4.76. The molecule has 1 aliphatic rings. The quantitative estimate of drug-likeness (QED) is 0.235. The number of carbonyl (C=O) groups excluding carboxylic acids is 2. The first-order chi connectivity index (χ1) is 17.9. The summed E-state index contributed by atoms with van der Waals surface area (Å²) < 4.78 is 76.9. The minimum absolute atomic E-state index is 0.0740. The van der Waals surface area contributed by atoms with Crippen molar-refractivity contribution in [1.29, 1.82) is 0 Å². The lowest BCUT2D eigenvalue weighted by Crippen LogP contribution is -2.31. The Morgan fingerprint density at radius 3 is 1.32 bits per heavy atom. The van der Waals surface area contributed by atoms with Crippen molar-refractivity contribution in [2.75, 3.05) is 0 Å². The van der Waals surface area contributed by atoms with Crippen LogP contribution >= 0.6 is 0 Å². The molecule has 2 amide bonds. The van der Waals surface area contributed by atoms with Crippen molar-refractivity contribution in [2.45, 2.75) is 18.9 Å². The number of halogens is 6. The third-order valence-electron chi connectivity index (χ3n) is 5.44. The first kappa shape index (κ1) is 26.3. The van der Waals surface area contributed by atoms with Gasteiger partial charge in [-0.15, -0.1) is 0 Å². The molecule has 3 aromatic carbocycles. The molecular formula is C29H15F6NO2. The molecule has 0 saturated carbocycles. The van der Waals surface area contributed by atoms with Crippen LogP contribution in [-0.4, -0.2) is 16.7 Å². The second-order valence-corrected chi connectivity index (χ2v) is 8.08. The number of hydrogen-bond donors (Lipinski definition) is 0. The van der Waals surface area contributed by atoms with E-state index in [0.717, 1.165) is 53.4 Å². The summed E-state index contributed by atoms with van der Waals surface area (Å²) in [5, 5.41) is 0. The van der Waals surface area contributed by atoms with Crippen molar-refractivity contribution in [3.8, 4) is 23.7 Å². The average Bonchev–Trinajstić information content (AvgIpc) is 3.10. The van der Waals surface area contributed by atoms with Crippen LogP contribution in [0.3, 0.4) is 0 Å². The molecule has 0 aromatic heterocycles. The maximum absolute atomic E-state index is 13.1. The van der Waals surface area contributed by atoms with Gasteiger partial charge in [-0.25, -0.2) is 0 Å². The average molecular weight is 523 g/mol. The second-order valence-electron chi connectivity index (χ2n) is 8.08. The van der Waals surface area contributed by atoms with Crippen molar-refractivity contribution >= 4 is 11.8 Å². The first-order valence-corrected chi connectivity index (χ1v) is 11.0. The van der Waals surface area contributed by atoms with Crippen molar-refractivity contribution in [3.05, 3.63) is 118 Å². The monoisotopic (exact) mass is 523 g/mol. The number of amides is 2. The summed E-state index contributed by atoms with van der Waals surface area (Å²) in [6.45, 7) is -0.0740. The van der Waals surface area contributed by atoms with E-state index in [-0.39, 0.29) is 28.8 Å². The van der Waals surface area contributed by atoms with Crippen LogP contribution < -0.4 is 0 Å². The van der Waals surface area contributed by atoms with Gasteiger partial charge in [0.1, 0.15) is 11.1 Å². The van der Waals surface area contributed by atoms with E-state index < -0.39 is 35.3 Å². The molecule has 4 rings (SSSR count). The summed E-state index contributed by atoms with van der Waals surface area (Å²) in [7, 11) is 0. The Bertz CT molecular complexity index is 1430. The number of rotatable bonds is 2. The largest absolute Gasteiger partial charge is 0.416 e. The van der Waals surface area contributed by atoms with Gasteiger partial charge in [0.2, 0.25) is 0 Å². The summed E-state index contributed by atoms with van der Waals surface area (Å²) in [6, 6.07) is 16.5. The molecule has 9 heteroatoms. The standard InChI is InChI=1S/C29H15F6NO2/c30-28(31,32)22-12-6-19(7-13-22)10-16-24-25(17-11-20-8-14-23(15-9-20)29(33,34)35)27(38)36(26(24)37)18-21-4-2-1-3-5-21/h1-9,12-15H,18H2. The van der Waals surface area contributed by atoms with E-state index >= 15 is 0 Å². The van der Waals surface area contributed by atoms with E-state index in [4.69, 9.17) is 0 Å². The zero-order chi connectivity index (χ0) is 27.5. The van der Waals surface area contributed by atoms with Crippen LogP contribution in [0.1, 0.15) is 27.8 Å². The number of alkyl halides is 6. The van der Waals surface area contributed by atoms with Crippen molar-refractivity contribution in [2.24, 2.45) is 0 Å². The van der Waals surface area contributed by atoms with Gasteiger partial charge in [-0.3, -0.25) is 14.5 Å².